The van der Waals surface area contributed by atoms with Crippen molar-refractivity contribution in [3.05, 3.63) is 59.5 Å². The highest BCUT2D eigenvalue weighted by Crippen LogP contribution is 2.28. The number of benzene rings is 1. The van der Waals surface area contributed by atoms with Gasteiger partial charge in [0.2, 0.25) is 5.91 Å². The van der Waals surface area contributed by atoms with E-state index in [2.05, 4.69) is 25.9 Å². The number of amides is 3. The number of carbonyl (C=O) groups is 3. The van der Waals surface area contributed by atoms with Crippen molar-refractivity contribution in [1.82, 2.24) is 20.6 Å². The predicted octanol–water partition coefficient (Wildman–Crippen LogP) is 2.88. The minimum Gasteiger partial charge on any atom is -0.444 e. The van der Waals surface area contributed by atoms with E-state index in [1.165, 1.54) is 0 Å². The van der Waals surface area contributed by atoms with Gasteiger partial charge in [0, 0.05) is 34.9 Å². The second kappa shape index (κ2) is 8.43. The highest BCUT2D eigenvalue weighted by Gasteiger charge is 2.29. The van der Waals surface area contributed by atoms with Crippen LogP contribution in [0.1, 0.15) is 42.4 Å². The molecule has 4 N–H and O–H groups in total. The number of alkyl carbamates (subject to hydrolysis) is 1. The number of hydrogen-bond donors (Lipinski definition) is 4. The third kappa shape index (κ3) is 4.78. The number of aromatic nitrogens is 2. The summed E-state index contributed by atoms with van der Waals surface area (Å²) >= 11 is 0. The van der Waals surface area contributed by atoms with Crippen LogP contribution in [0.3, 0.4) is 0 Å². The van der Waals surface area contributed by atoms with E-state index in [1.807, 2.05) is 12.1 Å². The average Bonchev–Trinajstić information content (AvgIpc) is 3.10. The second-order valence-electron chi connectivity index (χ2n) is 8.67. The van der Waals surface area contributed by atoms with Gasteiger partial charge < -0.3 is 15.0 Å². The third-order valence-corrected chi connectivity index (χ3v) is 5.05. The SMILES string of the molecule is CC(C)(C)OC(=O)NC(=O)C1Cc2c([nH]c3ccc(C(=O)Nc4cccnc4)cc23)CN1. The van der Waals surface area contributed by atoms with Crippen LogP contribution >= 0.6 is 0 Å². The molecule has 0 aliphatic carbocycles. The maximum absolute atomic E-state index is 12.7. The second-order valence-corrected chi connectivity index (χ2v) is 8.67. The Morgan fingerprint density at radius 3 is 2.72 bits per heavy atom. The number of rotatable bonds is 3. The van der Waals surface area contributed by atoms with Gasteiger partial charge in [-0.15, -0.1) is 0 Å². The molecule has 9 nitrogen and oxygen atoms in total. The van der Waals surface area contributed by atoms with Gasteiger partial charge >= 0.3 is 6.09 Å². The lowest BCUT2D eigenvalue weighted by atomic mass is 9.97. The molecule has 32 heavy (non-hydrogen) atoms. The highest BCUT2D eigenvalue weighted by atomic mass is 16.6. The van der Waals surface area contributed by atoms with Gasteiger partial charge in [-0.25, -0.2) is 4.79 Å². The van der Waals surface area contributed by atoms with Gasteiger partial charge in [-0.3, -0.25) is 25.2 Å². The van der Waals surface area contributed by atoms with Gasteiger partial charge in [-0.05, 0) is 63.1 Å². The summed E-state index contributed by atoms with van der Waals surface area (Å²) in [5.74, 6) is -0.701. The Labute approximate surface area is 184 Å². The highest BCUT2D eigenvalue weighted by molar-refractivity contribution is 6.06. The summed E-state index contributed by atoms with van der Waals surface area (Å²) in [7, 11) is 0. The average molecular weight is 435 g/mol. The van der Waals surface area contributed by atoms with Crippen molar-refractivity contribution in [3.8, 4) is 0 Å². The number of nitrogens with zero attached hydrogens (tertiary/aromatic N) is 1. The van der Waals surface area contributed by atoms with Crippen LogP contribution in [-0.2, 0) is 22.5 Å². The quantitative estimate of drug-likeness (QED) is 0.501. The Morgan fingerprint density at radius 1 is 1.19 bits per heavy atom. The lowest BCUT2D eigenvalue weighted by Gasteiger charge is -2.24. The van der Waals surface area contributed by atoms with Crippen LogP contribution in [0.4, 0.5) is 10.5 Å². The molecule has 3 heterocycles. The molecule has 1 aromatic carbocycles. The number of hydrogen-bond acceptors (Lipinski definition) is 6. The lowest BCUT2D eigenvalue weighted by molar-refractivity contribution is -0.122. The summed E-state index contributed by atoms with van der Waals surface area (Å²) in [6, 6.07) is 8.32. The Hall–Kier alpha value is -3.72. The molecule has 1 aliphatic heterocycles. The van der Waals surface area contributed by atoms with E-state index in [0.717, 1.165) is 22.2 Å². The van der Waals surface area contributed by atoms with Crippen molar-refractivity contribution in [2.45, 2.75) is 45.4 Å². The molecule has 0 fully saturated rings. The Balaban J connectivity index is 1.52. The summed E-state index contributed by atoms with van der Waals surface area (Å²) in [5.41, 5.74) is 3.18. The van der Waals surface area contributed by atoms with Gasteiger partial charge in [-0.1, -0.05) is 0 Å². The van der Waals surface area contributed by atoms with Gasteiger partial charge in [0.1, 0.15) is 5.60 Å². The van der Waals surface area contributed by atoms with E-state index < -0.39 is 23.6 Å². The molecular formula is C23H25N5O4. The van der Waals surface area contributed by atoms with Crippen LogP contribution in [0.15, 0.2) is 42.7 Å². The van der Waals surface area contributed by atoms with Gasteiger partial charge in [0.25, 0.3) is 5.91 Å². The molecule has 1 aliphatic rings. The maximum atomic E-state index is 12.7. The van der Waals surface area contributed by atoms with Crippen LogP contribution in [-0.4, -0.2) is 39.5 Å². The Kier molecular flexibility index (Phi) is 5.67. The zero-order valence-corrected chi connectivity index (χ0v) is 18.1. The number of pyridine rings is 1. The number of nitrogens with one attached hydrogen (secondary N) is 4. The molecule has 166 valence electrons. The summed E-state index contributed by atoms with van der Waals surface area (Å²) in [5, 5.41) is 9.12. The molecule has 0 saturated carbocycles. The van der Waals surface area contributed by atoms with Crippen molar-refractivity contribution in [1.29, 1.82) is 0 Å². The number of ether oxygens (including phenoxy) is 1. The number of fused-ring (bicyclic) bond motifs is 3. The molecule has 2 aromatic heterocycles. The molecule has 1 atom stereocenters. The molecule has 0 radical (unpaired) electrons. The monoisotopic (exact) mass is 435 g/mol. The van der Waals surface area contributed by atoms with E-state index in [-0.39, 0.29) is 5.91 Å². The molecule has 4 rings (SSSR count). The topological polar surface area (TPSA) is 125 Å². The fourth-order valence-electron chi connectivity index (χ4n) is 3.65. The standard InChI is InChI=1S/C23H25N5O4/c1-23(2,3)32-22(31)28-21(30)18-10-16-15-9-13(6-7-17(15)27-19(16)12-25-18)20(29)26-14-5-4-8-24-11-14/h4-9,11,18,25,27H,10,12H2,1-3H3,(H,26,29)(H,28,30,31). The molecule has 1 unspecified atom stereocenters. The van der Waals surface area contributed by atoms with Crippen molar-refractivity contribution in [2.75, 3.05) is 5.32 Å². The van der Waals surface area contributed by atoms with Crippen LogP contribution < -0.4 is 16.0 Å². The number of carbonyl (C=O) groups excluding carboxylic acids is 3. The van der Waals surface area contributed by atoms with Crippen molar-refractivity contribution in [2.24, 2.45) is 0 Å². The van der Waals surface area contributed by atoms with Gasteiger partial charge in [0.05, 0.1) is 17.9 Å². The van der Waals surface area contributed by atoms with Crippen molar-refractivity contribution in [3.63, 3.8) is 0 Å². The third-order valence-electron chi connectivity index (χ3n) is 5.05. The minimum atomic E-state index is -0.775. The Morgan fingerprint density at radius 2 is 2.00 bits per heavy atom. The minimum absolute atomic E-state index is 0.247. The fraction of sp³-hybridized carbons (Fsp3) is 0.304. The summed E-state index contributed by atoms with van der Waals surface area (Å²) in [6.07, 6.45) is 2.81. The largest absolute Gasteiger partial charge is 0.444 e. The van der Waals surface area contributed by atoms with Crippen LogP contribution in [0.2, 0.25) is 0 Å². The molecule has 9 heteroatoms. The van der Waals surface area contributed by atoms with Gasteiger partial charge in [0.15, 0.2) is 0 Å². The normalized spacial score (nSPS) is 15.7. The van der Waals surface area contributed by atoms with Crippen LogP contribution in [0.5, 0.6) is 0 Å². The first-order chi connectivity index (χ1) is 15.2. The zero-order valence-electron chi connectivity index (χ0n) is 18.1. The van der Waals surface area contributed by atoms with Crippen LogP contribution in [0, 0.1) is 0 Å². The maximum Gasteiger partial charge on any atom is 0.414 e. The van der Waals surface area contributed by atoms with E-state index >= 15 is 0 Å². The summed E-state index contributed by atoms with van der Waals surface area (Å²) in [6.45, 7) is 5.64. The summed E-state index contributed by atoms with van der Waals surface area (Å²) < 4.78 is 5.16. The summed E-state index contributed by atoms with van der Waals surface area (Å²) in [4.78, 5) is 44.6. The molecule has 3 amide bonds. The first-order valence-electron chi connectivity index (χ1n) is 10.3. The van der Waals surface area contributed by atoms with E-state index in [4.69, 9.17) is 4.74 Å². The molecule has 3 aromatic rings. The lowest BCUT2D eigenvalue weighted by Crippen LogP contribution is -2.50. The zero-order chi connectivity index (χ0) is 22.9. The van der Waals surface area contributed by atoms with Crippen molar-refractivity contribution >= 4 is 34.5 Å². The number of imide groups is 1. The Bertz CT molecular complexity index is 1180. The predicted molar refractivity (Wildman–Crippen MR) is 119 cm³/mol. The number of H-pyrrole nitrogens is 1. The molecular weight excluding hydrogens is 410 g/mol. The van der Waals surface area contributed by atoms with E-state index in [1.54, 1.807) is 51.4 Å². The van der Waals surface area contributed by atoms with Crippen LogP contribution in [0.25, 0.3) is 10.9 Å². The van der Waals surface area contributed by atoms with E-state index in [0.29, 0.717) is 24.2 Å². The fourth-order valence-corrected chi connectivity index (χ4v) is 3.65. The first-order valence-corrected chi connectivity index (χ1v) is 10.3. The van der Waals surface area contributed by atoms with Crippen molar-refractivity contribution < 1.29 is 19.1 Å². The molecule has 0 spiro atoms. The first kappa shape index (κ1) is 21.5. The van der Waals surface area contributed by atoms with Gasteiger partial charge in [-0.2, -0.15) is 0 Å². The number of anilines is 1. The molecule has 0 bridgehead atoms. The smallest absolute Gasteiger partial charge is 0.414 e. The van der Waals surface area contributed by atoms with E-state index in [9.17, 15) is 14.4 Å². The molecule has 0 saturated heterocycles. The number of aromatic amines is 1.